The molecule has 1 saturated heterocycles. The third kappa shape index (κ3) is 2.73. The fourth-order valence-electron chi connectivity index (χ4n) is 3.68. The van der Waals surface area contributed by atoms with E-state index in [1.807, 2.05) is 32.0 Å². The van der Waals surface area contributed by atoms with Crippen molar-refractivity contribution in [2.45, 2.75) is 45.1 Å². The molecule has 0 aromatic heterocycles. The third-order valence-corrected chi connectivity index (χ3v) is 5.33. The lowest BCUT2D eigenvalue weighted by Crippen LogP contribution is -2.47. The smallest absolute Gasteiger partial charge is 0.325 e. The molecule has 25 heavy (non-hydrogen) atoms. The van der Waals surface area contributed by atoms with Crippen LogP contribution in [0.4, 0.5) is 16.2 Å². The van der Waals surface area contributed by atoms with Gasteiger partial charge in [0.2, 0.25) is 5.91 Å². The highest BCUT2D eigenvalue weighted by molar-refractivity contribution is 6.10. The Balaban J connectivity index is 1.82. The van der Waals surface area contributed by atoms with E-state index in [0.29, 0.717) is 25.1 Å². The van der Waals surface area contributed by atoms with Crippen molar-refractivity contribution in [1.29, 1.82) is 0 Å². The molecule has 4 amide bonds. The molecule has 2 aliphatic rings. The summed E-state index contributed by atoms with van der Waals surface area (Å²) >= 11 is 0. The number of hydrogen-bond acceptors (Lipinski definition) is 4. The van der Waals surface area contributed by atoms with Gasteiger partial charge in [-0.1, -0.05) is 19.9 Å². The van der Waals surface area contributed by atoms with Crippen molar-refractivity contribution < 1.29 is 14.4 Å². The Bertz CT molecular complexity index is 727. The van der Waals surface area contributed by atoms with E-state index < -0.39 is 11.6 Å². The number of nitrogens with two attached hydrogens (primary N) is 1. The number of benzene rings is 1. The van der Waals surface area contributed by atoms with Crippen molar-refractivity contribution in [3.05, 3.63) is 23.8 Å². The van der Waals surface area contributed by atoms with Crippen LogP contribution in [0.5, 0.6) is 0 Å². The highest BCUT2D eigenvalue weighted by Gasteiger charge is 2.49. The molecule has 134 valence electrons. The Kier molecular flexibility index (Phi) is 4.41. The van der Waals surface area contributed by atoms with Crippen LogP contribution >= 0.6 is 0 Å². The van der Waals surface area contributed by atoms with Crippen LogP contribution in [0.1, 0.15) is 38.7 Å². The van der Waals surface area contributed by atoms with Crippen LogP contribution in [0.15, 0.2) is 18.2 Å². The Morgan fingerprint density at radius 3 is 2.64 bits per heavy atom. The zero-order chi connectivity index (χ0) is 18.2. The maximum atomic E-state index is 12.8. The Morgan fingerprint density at radius 1 is 1.28 bits per heavy atom. The topological polar surface area (TPSA) is 95.7 Å². The van der Waals surface area contributed by atoms with Crippen molar-refractivity contribution in [3.8, 4) is 0 Å². The van der Waals surface area contributed by atoms with Crippen LogP contribution in [-0.2, 0) is 16.0 Å². The molecule has 3 rings (SSSR count). The van der Waals surface area contributed by atoms with Gasteiger partial charge in [0.15, 0.2) is 0 Å². The van der Waals surface area contributed by atoms with Crippen molar-refractivity contribution in [1.82, 2.24) is 10.2 Å². The van der Waals surface area contributed by atoms with Crippen LogP contribution < -0.4 is 16.0 Å². The summed E-state index contributed by atoms with van der Waals surface area (Å²) in [4.78, 5) is 40.4. The van der Waals surface area contributed by atoms with Crippen LogP contribution in [-0.4, -0.2) is 41.4 Å². The lowest BCUT2D eigenvalue weighted by atomic mass is 9.93. The van der Waals surface area contributed by atoms with E-state index in [1.165, 1.54) is 0 Å². The molecule has 0 unspecified atom stereocenters. The number of imide groups is 1. The largest absolute Gasteiger partial charge is 0.398 e. The molecule has 0 saturated carbocycles. The second-order valence-electron chi connectivity index (χ2n) is 6.60. The number of hydrogen-bond donors (Lipinski definition) is 2. The first kappa shape index (κ1) is 17.3. The van der Waals surface area contributed by atoms with Crippen molar-refractivity contribution in [2.24, 2.45) is 0 Å². The fraction of sp³-hybridized carbons (Fsp3) is 0.500. The Labute approximate surface area is 147 Å². The van der Waals surface area contributed by atoms with Crippen molar-refractivity contribution >= 4 is 29.2 Å². The second-order valence-corrected chi connectivity index (χ2v) is 6.60. The molecule has 7 heteroatoms. The minimum Gasteiger partial charge on any atom is -0.398 e. The summed E-state index contributed by atoms with van der Waals surface area (Å²) in [6.07, 6.45) is 2.63. The van der Waals surface area contributed by atoms with E-state index in [-0.39, 0.29) is 18.4 Å². The summed E-state index contributed by atoms with van der Waals surface area (Å²) in [6, 6.07) is 5.00. The van der Waals surface area contributed by atoms with Gasteiger partial charge in [-0.2, -0.15) is 0 Å². The van der Waals surface area contributed by atoms with Gasteiger partial charge in [-0.3, -0.25) is 14.5 Å². The summed E-state index contributed by atoms with van der Waals surface area (Å²) in [6.45, 7) is 4.03. The predicted octanol–water partition coefficient (Wildman–Crippen LogP) is 1.66. The lowest BCUT2D eigenvalue weighted by molar-refractivity contribution is -0.134. The summed E-state index contributed by atoms with van der Waals surface area (Å²) in [5.41, 5.74) is 7.53. The first-order valence-corrected chi connectivity index (χ1v) is 8.75. The molecule has 1 aromatic carbocycles. The maximum absolute atomic E-state index is 12.8. The van der Waals surface area contributed by atoms with Gasteiger partial charge in [-0.05, 0) is 43.4 Å². The average molecular weight is 344 g/mol. The molecular formula is C18H24N4O3. The first-order chi connectivity index (χ1) is 11.9. The molecule has 0 atom stereocenters. The molecule has 2 aliphatic heterocycles. The molecule has 7 nitrogen and oxygen atoms in total. The van der Waals surface area contributed by atoms with Gasteiger partial charge in [-0.15, -0.1) is 0 Å². The number of nitrogens with one attached hydrogen (secondary N) is 1. The summed E-state index contributed by atoms with van der Waals surface area (Å²) in [7, 11) is 0. The molecule has 2 heterocycles. The minimum absolute atomic E-state index is 0.249. The normalized spacial score (nSPS) is 19.0. The molecule has 1 aromatic rings. The summed E-state index contributed by atoms with van der Waals surface area (Å²) < 4.78 is 0. The highest BCUT2D eigenvalue weighted by Crippen LogP contribution is 2.32. The van der Waals surface area contributed by atoms with Crippen molar-refractivity contribution in [2.75, 3.05) is 23.7 Å². The number of nitrogens with zero attached hydrogens (tertiary/aromatic N) is 2. The number of carbonyl (C=O) groups excluding carboxylic acids is 3. The predicted molar refractivity (Wildman–Crippen MR) is 95.1 cm³/mol. The third-order valence-electron chi connectivity index (χ3n) is 5.33. The molecule has 0 radical (unpaired) electrons. The second kappa shape index (κ2) is 6.38. The quantitative estimate of drug-likeness (QED) is 0.641. The molecule has 1 fully saturated rings. The number of urea groups is 1. The average Bonchev–Trinajstić information content (AvgIpc) is 2.86. The fourth-order valence-corrected chi connectivity index (χ4v) is 3.68. The number of fused-ring (bicyclic) bond motifs is 1. The van der Waals surface area contributed by atoms with E-state index in [4.69, 9.17) is 5.73 Å². The SMILES string of the molecule is CCC1(CC)NC(=O)N(CC(=O)N2CCCc3c(N)cccc32)C1=O. The number of amides is 4. The highest BCUT2D eigenvalue weighted by atomic mass is 16.2. The van der Waals surface area contributed by atoms with E-state index in [1.54, 1.807) is 4.90 Å². The Morgan fingerprint density at radius 2 is 2.00 bits per heavy atom. The summed E-state index contributed by atoms with van der Waals surface area (Å²) in [5.74, 6) is -0.585. The van der Waals surface area contributed by atoms with E-state index >= 15 is 0 Å². The maximum Gasteiger partial charge on any atom is 0.325 e. The number of anilines is 2. The standard InChI is InChI=1S/C18H24N4O3/c1-3-18(4-2)16(24)22(17(25)20-18)11-15(23)21-10-6-7-12-13(19)8-5-9-14(12)21/h5,8-9H,3-4,6-7,10-11,19H2,1-2H3,(H,20,25). The van der Waals surface area contributed by atoms with E-state index in [2.05, 4.69) is 5.32 Å². The lowest BCUT2D eigenvalue weighted by Gasteiger charge is -2.31. The van der Waals surface area contributed by atoms with Gasteiger partial charge >= 0.3 is 6.03 Å². The van der Waals surface area contributed by atoms with Crippen LogP contribution in [0.2, 0.25) is 0 Å². The van der Waals surface area contributed by atoms with Gasteiger partial charge in [0.1, 0.15) is 12.1 Å². The molecule has 0 aliphatic carbocycles. The van der Waals surface area contributed by atoms with E-state index in [9.17, 15) is 14.4 Å². The number of nitrogen functional groups attached to an aromatic ring is 1. The number of carbonyl (C=O) groups is 3. The van der Waals surface area contributed by atoms with Gasteiger partial charge in [0, 0.05) is 17.9 Å². The van der Waals surface area contributed by atoms with Gasteiger partial charge < -0.3 is 16.0 Å². The zero-order valence-corrected chi connectivity index (χ0v) is 14.7. The molecule has 0 bridgehead atoms. The minimum atomic E-state index is -0.887. The van der Waals surface area contributed by atoms with E-state index in [0.717, 1.165) is 29.0 Å². The van der Waals surface area contributed by atoms with Crippen LogP contribution in [0.25, 0.3) is 0 Å². The molecular weight excluding hydrogens is 320 g/mol. The van der Waals surface area contributed by atoms with Gasteiger partial charge in [0.25, 0.3) is 5.91 Å². The monoisotopic (exact) mass is 344 g/mol. The summed E-state index contributed by atoms with van der Waals surface area (Å²) in [5, 5.41) is 2.75. The number of rotatable bonds is 4. The van der Waals surface area contributed by atoms with Crippen molar-refractivity contribution in [3.63, 3.8) is 0 Å². The van der Waals surface area contributed by atoms with Crippen LogP contribution in [0.3, 0.4) is 0 Å². The molecule has 3 N–H and O–H groups in total. The first-order valence-electron chi connectivity index (χ1n) is 8.75. The zero-order valence-electron chi connectivity index (χ0n) is 14.7. The molecule has 0 spiro atoms. The van der Waals surface area contributed by atoms with Gasteiger partial charge in [0.05, 0.1) is 0 Å². The Hall–Kier alpha value is -2.57. The van der Waals surface area contributed by atoms with Gasteiger partial charge in [-0.25, -0.2) is 4.79 Å². The van der Waals surface area contributed by atoms with Crippen LogP contribution in [0, 0.1) is 0 Å².